The molecule has 2 rings (SSSR count). The fourth-order valence-electron chi connectivity index (χ4n) is 1.30. The van der Waals surface area contributed by atoms with Crippen molar-refractivity contribution in [2.24, 2.45) is 0 Å². The molecule has 3 N–H and O–H groups in total. The molecule has 3 nitrogen and oxygen atoms in total. The molecular formula is C14H19N2OSY-. The van der Waals surface area contributed by atoms with Gasteiger partial charge >= 0.3 is 0 Å². The summed E-state index contributed by atoms with van der Waals surface area (Å²) in [4.78, 5) is 0.919. The van der Waals surface area contributed by atoms with Crippen molar-refractivity contribution in [3.05, 3.63) is 42.1 Å². The zero-order valence-electron chi connectivity index (χ0n) is 11.4. The van der Waals surface area contributed by atoms with Crippen molar-refractivity contribution in [3.63, 3.8) is 0 Å². The molecule has 0 bridgehead atoms. The third-order valence-electron chi connectivity index (χ3n) is 1.95. The molecule has 101 valence electrons. The van der Waals surface area contributed by atoms with Crippen LogP contribution >= 0.6 is 12.6 Å². The van der Waals surface area contributed by atoms with E-state index in [-0.39, 0.29) is 38.2 Å². The molecule has 1 radical (unpaired) electrons. The van der Waals surface area contributed by atoms with Crippen molar-refractivity contribution in [1.29, 1.82) is 0 Å². The quantitative estimate of drug-likeness (QED) is 0.512. The van der Waals surface area contributed by atoms with E-state index in [1.165, 1.54) is 0 Å². The molecule has 0 atom stereocenters. The zero-order chi connectivity index (χ0) is 13.8. The number of thiol groups is 1. The van der Waals surface area contributed by atoms with Crippen LogP contribution in [0.3, 0.4) is 0 Å². The van der Waals surface area contributed by atoms with Gasteiger partial charge in [-0.2, -0.15) is 0 Å². The molecule has 0 amide bonds. The second-order valence-corrected chi connectivity index (χ2v) is 5.62. The standard InChI is InChI=1S/C10H9NOS.C4H10N.Y/c12-11-9-3-1-7-2-4-10(13)6-8(7)5-9;1-4(2,3)5;/h1-6,11-13H;5H,1-3H3;/q;-1;. The normalized spacial score (nSPS) is 10.2. The Balaban J connectivity index is 0.000000471. The number of hydrogen-bond acceptors (Lipinski definition) is 3. The minimum Gasteiger partial charge on any atom is -0.673 e. The molecule has 0 unspecified atom stereocenters. The van der Waals surface area contributed by atoms with Crippen LogP contribution in [0.5, 0.6) is 0 Å². The topological polar surface area (TPSA) is 56.1 Å². The molecule has 0 fully saturated rings. The largest absolute Gasteiger partial charge is 0.673 e. The van der Waals surface area contributed by atoms with Crippen molar-refractivity contribution in [2.75, 3.05) is 5.48 Å². The summed E-state index contributed by atoms with van der Waals surface area (Å²) in [6.07, 6.45) is 0. The summed E-state index contributed by atoms with van der Waals surface area (Å²) >= 11 is 4.24. The summed E-state index contributed by atoms with van der Waals surface area (Å²) < 4.78 is 0. The molecule has 0 saturated carbocycles. The molecule has 0 saturated heterocycles. The van der Waals surface area contributed by atoms with Crippen LogP contribution in [-0.4, -0.2) is 10.7 Å². The first-order valence-corrected chi connectivity index (χ1v) is 6.12. The SMILES string of the molecule is CC(C)(C)[NH-].ONc1ccc2ccc(S)cc2c1.[Y]. The van der Waals surface area contributed by atoms with Gasteiger partial charge in [-0.1, -0.05) is 32.9 Å². The first-order chi connectivity index (χ1) is 8.29. The molecular weight excluding hydrogens is 333 g/mol. The second kappa shape index (κ2) is 8.23. The van der Waals surface area contributed by atoms with Crippen molar-refractivity contribution in [3.8, 4) is 0 Å². The Morgan fingerprint density at radius 3 is 2.11 bits per heavy atom. The molecule has 2 aromatic rings. The van der Waals surface area contributed by atoms with Gasteiger partial charge in [0.1, 0.15) is 0 Å². The summed E-state index contributed by atoms with van der Waals surface area (Å²) in [6, 6.07) is 11.5. The minimum absolute atomic E-state index is 0. The van der Waals surface area contributed by atoms with Gasteiger partial charge in [-0.25, -0.2) is 0 Å². The molecule has 0 spiro atoms. The van der Waals surface area contributed by atoms with E-state index in [1.807, 2.05) is 57.2 Å². The molecule has 0 aliphatic carbocycles. The van der Waals surface area contributed by atoms with Crippen LogP contribution in [0, 0.1) is 0 Å². The maximum absolute atomic E-state index is 8.70. The second-order valence-electron chi connectivity index (χ2n) is 5.11. The van der Waals surface area contributed by atoms with Crippen molar-refractivity contribution in [1.82, 2.24) is 0 Å². The van der Waals surface area contributed by atoms with E-state index in [0.29, 0.717) is 5.69 Å². The van der Waals surface area contributed by atoms with E-state index < -0.39 is 0 Å². The predicted octanol–water partition coefficient (Wildman–Crippen LogP) is 4.76. The van der Waals surface area contributed by atoms with E-state index in [1.54, 1.807) is 0 Å². The Bertz CT molecular complexity index is 520. The van der Waals surface area contributed by atoms with Crippen molar-refractivity contribution >= 4 is 29.1 Å². The van der Waals surface area contributed by atoms with Crippen LogP contribution in [-0.2, 0) is 32.7 Å². The molecule has 0 aliphatic heterocycles. The Labute approximate surface area is 145 Å². The molecule has 2 aromatic carbocycles. The first-order valence-electron chi connectivity index (χ1n) is 5.67. The van der Waals surface area contributed by atoms with Crippen LogP contribution in [0.4, 0.5) is 5.69 Å². The summed E-state index contributed by atoms with van der Waals surface area (Å²) in [5.41, 5.74) is 9.49. The van der Waals surface area contributed by atoms with E-state index in [4.69, 9.17) is 10.9 Å². The zero-order valence-corrected chi connectivity index (χ0v) is 15.2. The van der Waals surface area contributed by atoms with Gasteiger partial charge in [-0.05, 0) is 35.0 Å². The third-order valence-corrected chi connectivity index (χ3v) is 2.23. The van der Waals surface area contributed by atoms with Gasteiger partial charge in [0.25, 0.3) is 0 Å². The summed E-state index contributed by atoms with van der Waals surface area (Å²) in [6.45, 7) is 5.56. The first kappa shape index (κ1) is 18.9. The van der Waals surface area contributed by atoms with Crippen molar-refractivity contribution in [2.45, 2.75) is 31.2 Å². The number of hydrogen-bond donors (Lipinski definition) is 3. The van der Waals surface area contributed by atoms with Crippen LogP contribution < -0.4 is 5.48 Å². The molecule has 0 aliphatic rings. The Kier molecular flexibility index (Phi) is 8.17. The Morgan fingerprint density at radius 2 is 1.58 bits per heavy atom. The monoisotopic (exact) mass is 352 g/mol. The maximum atomic E-state index is 8.70. The number of benzene rings is 2. The molecule has 0 heterocycles. The predicted molar refractivity (Wildman–Crippen MR) is 80.7 cm³/mol. The van der Waals surface area contributed by atoms with Crippen LogP contribution in [0.1, 0.15) is 20.8 Å². The average Bonchev–Trinajstić information content (AvgIpc) is 2.25. The summed E-state index contributed by atoms with van der Waals surface area (Å²) in [7, 11) is 0. The van der Waals surface area contributed by atoms with Gasteiger partial charge < -0.3 is 5.73 Å². The van der Waals surface area contributed by atoms with Gasteiger partial charge in [0.05, 0.1) is 5.69 Å². The molecule has 5 heteroatoms. The number of fused-ring (bicyclic) bond motifs is 1. The summed E-state index contributed by atoms with van der Waals surface area (Å²) in [5, 5.41) is 10.9. The third kappa shape index (κ3) is 7.90. The van der Waals surface area contributed by atoms with E-state index in [9.17, 15) is 0 Å². The van der Waals surface area contributed by atoms with Gasteiger partial charge in [0, 0.05) is 37.6 Å². The van der Waals surface area contributed by atoms with Gasteiger partial charge in [0.2, 0.25) is 0 Å². The minimum atomic E-state index is -0.250. The fraction of sp³-hybridized carbons (Fsp3) is 0.286. The number of anilines is 1. The van der Waals surface area contributed by atoms with Crippen molar-refractivity contribution < 1.29 is 37.9 Å². The Hall–Kier alpha value is -0.126. The molecule has 0 aromatic heterocycles. The van der Waals surface area contributed by atoms with Gasteiger partial charge in [0.15, 0.2) is 0 Å². The van der Waals surface area contributed by atoms with E-state index in [0.717, 1.165) is 15.7 Å². The van der Waals surface area contributed by atoms with Gasteiger partial charge in [-0.15, -0.1) is 18.2 Å². The molecule has 19 heavy (non-hydrogen) atoms. The van der Waals surface area contributed by atoms with E-state index in [2.05, 4.69) is 18.1 Å². The smallest absolute Gasteiger partial charge is 0.0608 e. The summed E-state index contributed by atoms with van der Waals surface area (Å²) in [5.74, 6) is 0. The van der Waals surface area contributed by atoms with Crippen LogP contribution in [0.15, 0.2) is 41.3 Å². The fourth-order valence-corrected chi connectivity index (χ4v) is 1.52. The average molecular weight is 352 g/mol. The Morgan fingerprint density at radius 1 is 1.05 bits per heavy atom. The van der Waals surface area contributed by atoms with Crippen LogP contribution in [0.2, 0.25) is 0 Å². The maximum Gasteiger partial charge on any atom is 0.0608 e. The number of nitrogens with one attached hydrogen (secondary N) is 2. The van der Waals surface area contributed by atoms with Crippen LogP contribution in [0.25, 0.3) is 16.5 Å². The van der Waals surface area contributed by atoms with E-state index >= 15 is 0 Å². The van der Waals surface area contributed by atoms with Gasteiger partial charge in [-0.3, -0.25) is 10.7 Å². The number of rotatable bonds is 1.